The fraction of sp³-hybridized carbons (Fsp3) is 1.00. The van der Waals surface area contributed by atoms with Gasteiger partial charge in [-0.2, -0.15) is 0 Å². The second-order valence-corrected chi connectivity index (χ2v) is 12.5. The van der Waals surface area contributed by atoms with Crippen molar-refractivity contribution in [3.8, 4) is 0 Å². The average Bonchev–Trinajstić information content (AvgIpc) is 2.48. The van der Waals surface area contributed by atoms with Gasteiger partial charge in [-0.3, -0.25) is 0 Å². The van der Waals surface area contributed by atoms with Crippen molar-refractivity contribution in [2.75, 3.05) is 13.4 Å². The Morgan fingerprint density at radius 3 is 1.95 bits per heavy atom. The fourth-order valence-corrected chi connectivity index (χ4v) is 8.78. The standard InChI is InChI=1S/C9H19O2.2C4H9.Sn/c1-3-5-6-9(4-2)7-11-8-10;2*1-3-4-2;/h9H,3-8H2,1-2H3;2*1,3-4H2,2H3;/q-1;;;+1. The molecule has 1 atom stereocenters. The van der Waals surface area contributed by atoms with Crippen LogP contribution in [0, 0.1) is 5.92 Å². The van der Waals surface area contributed by atoms with Crippen LogP contribution in [0.1, 0.15) is 79.1 Å². The molecule has 0 aromatic heterocycles. The first-order valence-corrected chi connectivity index (χ1v) is 14.0. The molecule has 0 aromatic rings. The van der Waals surface area contributed by atoms with E-state index >= 15 is 0 Å². The molecule has 0 spiro atoms. The Balaban J connectivity index is 3.73. The number of hydrogen-bond acceptors (Lipinski definition) is 2. The summed E-state index contributed by atoms with van der Waals surface area (Å²) in [5, 5.41) is 0. The SMILES string of the molecule is CCCCC(CC)COC[O][Sn]([CH2]CCC)[CH2]CCC. The van der Waals surface area contributed by atoms with Crippen molar-refractivity contribution < 1.29 is 7.81 Å². The summed E-state index contributed by atoms with van der Waals surface area (Å²) in [6.45, 7) is 10.6. The van der Waals surface area contributed by atoms with Gasteiger partial charge in [0, 0.05) is 0 Å². The first-order chi connectivity index (χ1) is 9.78. The molecule has 0 saturated heterocycles. The van der Waals surface area contributed by atoms with E-state index in [9.17, 15) is 0 Å². The molecule has 0 aliphatic rings. The van der Waals surface area contributed by atoms with Crippen LogP contribution < -0.4 is 0 Å². The number of unbranched alkanes of at least 4 members (excludes halogenated alkanes) is 3. The van der Waals surface area contributed by atoms with E-state index in [1.807, 2.05) is 0 Å². The summed E-state index contributed by atoms with van der Waals surface area (Å²) in [6, 6.07) is 0. The zero-order valence-electron chi connectivity index (χ0n) is 14.4. The molecular formula is C17H37O2Sn. The van der Waals surface area contributed by atoms with Crippen LogP contribution in [-0.4, -0.2) is 33.6 Å². The maximum absolute atomic E-state index is 6.12. The number of rotatable bonds is 15. The van der Waals surface area contributed by atoms with Gasteiger partial charge >= 0.3 is 135 Å². The Bertz CT molecular complexity index is 180. The molecule has 0 aliphatic carbocycles. The van der Waals surface area contributed by atoms with Gasteiger partial charge in [-0.1, -0.05) is 0 Å². The van der Waals surface area contributed by atoms with Crippen LogP contribution in [0.4, 0.5) is 0 Å². The molecule has 121 valence electrons. The molecule has 2 nitrogen and oxygen atoms in total. The topological polar surface area (TPSA) is 18.5 Å². The van der Waals surface area contributed by atoms with E-state index in [4.69, 9.17) is 7.81 Å². The van der Waals surface area contributed by atoms with E-state index in [0.29, 0.717) is 6.79 Å². The molecule has 1 unspecified atom stereocenters. The van der Waals surface area contributed by atoms with Crippen molar-refractivity contribution >= 4 is 20.2 Å². The van der Waals surface area contributed by atoms with E-state index in [1.54, 1.807) is 0 Å². The average molecular weight is 392 g/mol. The minimum atomic E-state index is -1.57. The molecule has 1 radical (unpaired) electrons. The van der Waals surface area contributed by atoms with E-state index in [2.05, 4.69) is 27.7 Å². The van der Waals surface area contributed by atoms with Gasteiger partial charge in [-0.15, -0.1) is 0 Å². The van der Waals surface area contributed by atoms with Gasteiger partial charge in [0.2, 0.25) is 0 Å². The summed E-state index contributed by atoms with van der Waals surface area (Å²) in [6.07, 6.45) is 10.5. The van der Waals surface area contributed by atoms with Gasteiger partial charge in [0.15, 0.2) is 0 Å². The van der Waals surface area contributed by atoms with Crippen LogP contribution in [0.5, 0.6) is 0 Å². The van der Waals surface area contributed by atoms with E-state index < -0.39 is 20.2 Å². The summed E-state index contributed by atoms with van der Waals surface area (Å²) in [4.78, 5) is 0. The molecule has 20 heavy (non-hydrogen) atoms. The quantitative estimate of drug-likeness (QED) is 0.200. The van der Waals surface area contributed by atoms with Gasteiger partial charge in [-0.05, 0) is 0 Å². The van der Waals surface area contributed by atoms with Crippen LogP contribution in [-0.2, 0) is 7.81 Å². The summed E-state index contributed by atoms with van der Waals surface area (Å²) < 4.78 is 14.7. The Morgan fingerprint density at radius 1 is 0.850 bits per heavy atom. The summed E-state index contributed by atoms with van der Waals surface area (Å²) in [5.74, 6) is 0.733. The van der Waals surface area contributed by atoms with Crippen LogP contribution in [0.25, 0.3) is 0 Å². The monoisotopic (exact) mass is 393 g/mol. The molecule has 3 heteroatoms. The maximum atomic E-state index is 6.12. The second-order valence-electron chi connectivity index (χ2n) is 5.80. The molecule has 0 amide bonds. The first-order valence-electron chi connectivity index (χ1n) is 8.83. The van der Waals surface area contributed by atoms with Crippen LogP contribution >= 0.6 is 0 Å². The van der Waals surface area contributed by atoms with Gasteiger partial charge in [0.25, 0.3) is 0 Å². The molecule has 0 aromatic carbocycles. The number of hydrogen-bond donors (Lipinski definition) is 0. The van der Waals surface area contributed by atoms with Gasteiger partial charge in [0.1, 0.15) is 0 Å². The Morgan fingerprint density at radius 2 is 1.45 bits per heavy atom. The van der Waals surface area contributed by atoms with Crippen molar-refractivity contribution in [2.45, 2.75) is 87.9 Å². The molecule has 0 heterocycles. The van der Waals surface area contributed by atoms with Gasteiger partial charge in [-0.25, -0.2) is 0 Å². The predicted octanol–water partition coefficient (Wildman–Crippen LogP) is 5.79. The summed E-state index contributed by atoms with van der Waals surface area (Å²) >= 11 is -1.57. The van der Waals surface area contributed by atoms with E-state index in [0.717, 1.165) is 12.5 Å². The first kappa shape index (κ1) is 20.7. The van der Waals surface area contributed by atoms with Crippen molar-refractivity contribution in [2.24, 2.45) is 5.92 Å². The molecule has 0 rings (SSSR count). The Hall–Kier alpha value is 0.719. The molecule has 0 saturated carbocycles. The normalized spacial score (nSPS) is 13.1. The van der Waals surface area contributed by atoms with Crippen molar-refractivity contribution in [3.63, 3.8) is 0 Å². The fourth-order valence-electron chi connectivity index (χ4n) is 2.26. The van der Waals surface area contributed by atoms with E-state index in [1.165, 1.54) is 60.2 Å². The Kier molecular flexibility index (Phi) is 16.7. The summed E-state index contributed by atoms with van der Waals surface area (Å²) in [7, 11) is 0. The third-order valence-corrected chi connectivity index (χ3v) is 10.6. The van der Waals surface area contributed by atoms with Crippen molar-refractivity contribution in [1.82, 2.24) is 0 Å². The third kappa shape index (κ3) is 12.5. The van der Waals surface area contributed by atoms with E-state index in [-0.39, 0.29) is 0 Å². The molecule has 0 N–H and O–H groups in total. The zero-order chi connectivity index (χ0) is 15.1. The molecule has 0 bridgehead atoms. The van der Waals surface area contributed by atoms with Crippen LogP contribution in [0.15, 0.2) is 0 Å². The minimum absolute atomic E-state index is 0.574. The van der Waals surface area contributed by atoms with Crippen molar-refractivity contribution in [3.05, 3.63) is 0 Å². The second kappa shape index (κ2) is 16.1. The van der Waals surface area contributed by atoms with Gasteiger partial charge in [0.05, 0.1) is 0 Å². The van der Waals surface area contributed by atoms with Crippen LogP contribution in [0.3, 0.4) is 0 Å². The van der Waals surface area contributed by atoms with Crippen LogP contribution in [0.2, 0.25) is 8.87 Å². The molecule has 0 fully saturated rings. The predicted molar refractivity (Wildman–Crippen MR) is 90.4 cm³/mol. The van der Waals surface area contributed by atoms with Gasteiger partial charge < -0.3 is 0 Å². The third-order valence-electron chi connectivity index (χ3n) is 3.86. The summed E-state index contributed by atoms with van der Waals surface area (Å²) in [5.41, 5.74) is 0. The Labute approximate surface area is 135 Å². The van der Waals surface area contributed by atoms with Crippen molar-refractivity contribution in [1.29, 1.82) is 0 Å². The zero-order valence-corrected chi connectivity index (χ0v) is 17.2. The number of ether oxygens (including phenoxy) is 1. The molecule has 0 aliphatic heterocycles. The molecular weight excluding hydrogens is 355 g/mol.